The van der Waals surface area contributed by atoms with Gasteiger partial charge < -0.3 is 5.32 Å². The van der Waals surface area contributed by atoms with Gasteiger partial charge in [0.1, 0.15) is 0 Å². The summed E-state index contributed by atoms with van der Waals surface area (Å²) in [4.78, 5) is 9.08. The summed E-state index contributed by atoms with van der Waals surface area (Å²) in [6.07, 6.45) is 0. The van der Waals surface area contributed by atoms with E-state index < -0.39 is 0 Å². The van der Waals surface area contributed by atoms with Crippen molar-refractivity contribution >= 4 is 11.5 Å². The third kappa shape index (κ3) is 3.50. The first-order valence-electron chi connectivity index (χ1n) is 6.54. The normalized spacial score (nSPS) is 14.9. The van der Waals surface area contributed by atoms with Crippen molar-refractivity contribution in [1.29, 1.82) is 0 Å². The fraction of sp³-hybridized carbons (Fsp3) is 0.467. The zero-order valence-corrected chi connectivity index (χ0v) is 11.4. The first-order chi connectivity index (χ1) is 8.65. The van der Waals surface area contributed by atoms with E-state index in [1.165, 1.54) is 5.56 Å². The summed E-state index contributed by atoms with van der Waals surface area (Å²) in [7, 11) is 0. The number of benzene rings is 1. The standard InChI is InChI=1S/C15H21N3/c1-11(2)8-16-9-14-10-17-15(18-14)13-6-4-12(3)5-7-13/h4-7,11,16H,8-10H2,1-3H3. The lowest BCUT2D eigenvalue weighted by molar-refractivity contribution is 0.582. The topological polar surface area (TPSA) is 36.8 Å². The SMILES string of the molecule is Cc1ccc(C2=NCC(CNCC(C)C)=N2)cc1. The largest absolute Gasteiger partial charge is 0.311 e. The first-order valence-corrected chi connectivity index (χ1v) is 6.54. The molecule has 0 aromatic heterocycles. The zero-order valence-electron chi connectivity index (χ0n) is 11.4. The van der Waals surface area contributed by atoms with E-state index in [2.05, 4.69) is 60.3 Å². The van der Waals surface area contributed by atoms with Gasteiger partial charge in [0.25, 0.3) is 0 Å². The summed E-state index contributed by atoms with van der Waals surface area (Å²) < 4.78 is 0. The van der Waals surface area contributed by atoms with E-state index in [0.717, 1.165) is 36.7 Å². The molecular formula is C15H21N3. The van der Waals surface area contributed by atoms with Crippen LogP contribution in [0.4, 0.5) is 0 Å². The van der Waals surface area contributed by atoms with Crippen LogP contribution in [0.5, 0.6) is 0 Å². The molecular weight excluding hydrogens is 222 g/mol. The average Bonchev–Trinajstić information content (AvgIpc) is 2.78. The third-order valence-corrected chi connectivity index (χ3v) is 2.87. The van der Waals surface area contributed by atoms with Gasteiger partial charge in [0, 0.05) is 12.1 Å². The van der Waals surface area contributed by atoms with Crippen LogP contribution in [0.15, 0.2) is 34.3 Å². The van der Waals surface area contributed by atoms with E-state index in [1.54, 1.807) is 0 Å². The summed E-state index contributed by atoms with van der Waals surface area (Å²) in [6.45, 7) is 9.10. The van der Waals surface area contributed by atoms with Crippen LogP contribution in [-0.2, 0) is 0 Å². The predicted molar refractivity (Wildman–Crippen MR) is 77.7 cm³/mol. The maximum atomic E-state index is 4.59. The summed E-state index contributed by atoms with van der Waals surface area (Å²) in [5, 5.41) is 3.40. The Morgan fingerprint density at radius 2 is 1.94 bits per heavy atom. The Labute approximate surface area is 109 Å². The molecule has 0 radical (unpaired) electrons. The van der Waals surface area contributed by atoms with Gasteiger partial charge in [-0.1, -0.05) is 43.7 Å². The molecule has 0 saturated carbocycles. The summed E-state index contributed by atoms with van der Waals surface area (Å²) in [5.41, 5.74) is 3.51. The molecule has 1 N–H and O–H groups in total. The van der Waals surface area contributed by atoms with Crippen LogP contribution in [0.3, 0.4) is 0 Å². The Morgan fingerprint density at radius 3 is 2.61 bits per heavy atom. The molecule has 1 heterocycles. The Balaban J connectivity index is 1.92. The van der Waals surface area contributed by atoms with Gasteiger partial charge in [0.05, 0.1) is 12.3 Å². The fourth-order valence-corrected chi connectivity index (χ4v) is 1.85. The van der Waals surface area contributed by atoms with Crippen LogP contribution in [0.1, 0.15) is 25.0 Å². The quantitative estimate of drug-likeness (QED) is 0.847. The maximum absolute atomic E-state index is 4.59. The summed E-state index contributed by atoms with van der Waals surface area (Å²) in [5.74, 6) is 1.54. The lowest BCUT2D eigenvalue weighted by atomic mass is 10.1. The monoisotopic (exact) mass is 243 g/mol. The minimum atomic E-state index is 0.671. The van der Waals surface area contributed by atoms with E-state index in [-0.39, 0.29) is 0 Å². The van der Waals surface area contributed by atoms with Crippen LogP contribution in [0, 0.1) is 12.8 Å². The molecule has 1 aromatic carbocycles. The second-order valence-corrected chi connectivity index (χ2v) is 5.21. The Kier molecular flexibility index (Phi) is 4.26. The number of nitrogens with one attached hydrogen (secondary N) is 1. The molecule has 0 spiro atoms. The molecule has 0 fully saturated rings. The van der Waals surface area contributed by atoms with Gasteiger partial charge in [0.15, 0.2) is 5.84 Å². The molecule has 1 aromatic rings. The highest BCUT2D eigenvalue weighted by Crippen LogP contribution is 2.09. The van der Waals surface area contributed by atoms with Gasteiger partial charge >= 0.3 is 0 Å². The molecule has 96 valence electrons. The van der Waals surface area contributed by atoms with Crippen LogP contribution in [0.2, 0.25) is 0 Å². The molecule has 3 heteroatoms. The van der Waals surface area contributed by atoms with Crippen molar-refractivity contribution in [1.82, 2.24) is 5.32 Å². The third-order valence-electron chi connectivity index (χ3n) is 2.87. The summed E-state index contributed by atoms with van der Waals surface area (Å²) >= 11 is 0. The molecule has 18 heavy (non-hydrogen) atoms. The van der Waals surface area contributed by atoms with Crippen molar-refractivity contribution in [3.8, 4) is 0 Å². The number of hydrogen-bond acceptors (Lipinski definition) is 3. The van der Waals surface area contributed by atoms with E-state index in [4.69, 9.17) is 0 Å². The van der Waals surface area contributed by atoms with Crippen LogP contribution >= 0.6 is 0 Å². The number of aliphatic imine (C=N–C) groups is 2. The number of amidine groups is 1. The molecule has 1 aliphatic heterocycles. The number of nitrogens with zero attached hydrogens (tertiary/aromatic N) is 2. The van der Waals surface area contributed by atoms with Gasteiger partial charge in [-0.05, 0) is 19.4 Å². The van der Waals surface area contributed by atoms with Crippen LogP contribution in [-0.4, -0.2) is 31.2 Å². The summed E-state index contributed by atoms with van der Waals surface area (Å²) in [6, 6.07) is 8.37. The lowest BCUT2D eigenvalue weighted by Gasteiger charge is -2.06. The van der Waals surface area contributed by atoms with E-state index in [0.29, 0.717) is 5.92 Å². The van der Waals surface area contributed by atoms with Crippen molar-refractivity contribution < 1.29 is 0 Å². The van der Waals surface area contributed by atoms with Crippen molar-refractivity contribution in [3.63, 3.8) is 0 Å². The van der Waals surface area contributed by atoms with E-state index in [9.17, 15) is 0 Å². The lowest BCUT2D eigenvalue weighted by Crippen LogP contribution is -2.27. The first kappa shape index (κ1) is 13.0. The van der Waals surface area contributed by atoms with E-state index >= 15 is 0 Å². The molecule has 0 unspecified atom stereocenters. The molecule has 0 amide bonds. The molecule has 0 saturated heterocycles. The molecule has 3 nitrogen and oxygen atoms in total. The Bertz CT molecular complexity index is 455. The van der Waals surface area contributed by atoms with Gasteiger partial charge in [-0.15, -0.1) is 0 Å². The number of hydrogen-bond donors (Lipinski definition) is 1. The fourth-order valence-electron chi connectivity index (χ4n) is 1.85. The van der Waals surface area contributed by atoms with Crippen molar-refractivity contribution in [2.24, 2.45) is 15.9 Å². The highest BCUT2D eigenvalue weighted by atomic mass is 15.0. The zero-order chi connectivity index (χ0) is 13.0. The minimum absolute atomic E-state index is 0.671. The van der Waals surface area contributed by atoms with Crippen LogP contribution in [0.25, 0.3) is 0 Å². The van der Waals surface area contributed by atoms with Crippen molar-refractivity contribution in [3.05, 3.63) is 35.4 Å². The maximum Gasteiger partial charge on any atom is 0.154 e. The van der Waals surface area contributed by atoms with Gasteiger partial charge in [-0.25, -0.2) is 4.99 Å². The van der Waals surface area contributed by atoms with Crippen molar-refractivity contribution in [2.75, 3.05) is 19.6 Å². The molecule has 0 atom stereocenters. The molecule has 0 aliphatic carbocycles. The molecule has 1 aliphatic rings. The van der Waals surface area contributed by atoms with Gasteiger partial charge in [-0.3, -0.25) is 4.99 Å². The highest BCUT2D eigenvalue weighted by Gasteiger charge is 2.11. The predicted octanol–water partition coefficient (Wildman–Crippen LogP) is 2.44. The molecule has 0 bridgehead atoms. The second kappa shape index (κ2) is 5.91. The van der Waals surface area contributed by atoms with E-state index in [1.807, 2.05) is 0 Å². The molecule has 2 rings (SSSR count). The number of rotatable bonds is 5. The van der Waals surface area contributed by atoms with Crippen LogP contribution < -0.4 is 5.32 Å². The minimum Gasteiger partial charge on any atom is -0.311 e. The van der Waals surface area contributed by atoms with Crippen molar-refractivity contribution in [2.45, 2.75) is 20.8 Å². The Hall–Kier alpha value is -1.48. The van der Waals surface area contributed by atoms with Gasteiger partial charge in [-0.2, -0.15) is 0 Å². The van der Waals surface area contributed by atoms with Gasteiger partial charge in [0.2, 0.25) is 0 Å². The second-order valence-electron chi connectivity index (χ2n) is 5.21. The Morgan fingerprint density at radius 1 is 1.22 bits per heavy atom. The smallest absolute Gasteiger partial charge is 0.154 e. The average molecular weight is 243 g/mol. The number of aryl methyl sites for hydroxylation is 1. The highest BCUT2D eigenvalue weighted by molar-refractivity contribution is 6.12.